The molecule has 0 aliphatic carbocycles. The Hall–Kier alpha value is -3.23. The molecule has 2 aromatic rings. The summed E-state index contributed by atoms with van der Waals surface area (Å²) in [5.41, 5.74) is 5.84. The smallest absolute Gasteiger partial charge is 0.279 e. The maximum absolute atomic E-state index is 14.2. The molecule has 0 spiro atoms. The van der Waals surface area contributed by atoms with Gasteiger partial charge in [0.2, 0.25) is 0 Å². The number of nitrogens with zero attached hydrogens (tertiary/aromatic N) is 3. The molecule has 0 radical (unpaired) electrons. The van der Waals surface area contributed by atoms with Crippen LogP contribution < -0.4 is 21.9 Å². The number of halogens is 1. The number of anilines is 3. The number of nitrogens with two attached hydrogens (primary N) is 1. The lowest BCUT2D eigenvalue weighted by Crippen LogP contribution is -2.33. The van der Waals surface area contributed by atoms with E-state index in [1.54, 1.807) is 6.92 Å². The van der Waals surface area contributed by atoms with Crippen molar-refractivity contribution in [2.75, 3.05) is 17.6 Å². The highest BCUT2D eigenvalue weighted by molar-refractivity contribution is 5.95. The molecule has 136 valence electrons. The minimum Gasteiger partial charge on any atom is -0.384 e. The van der Waals surface area contributed by atoms with Gasteiger partial charge in [-0.1, -0.05) is 0 Å². The van der Waals surface area contributed by atoms with Crippen LogP contribution in [0.15, 0.2) is 29.1 Å². The number of carbonyl (C=O) groups excluding carboxylic acids is 1. The monoisotopic (exact) mass is 358 g/mol. The average Bonchev–Trinajstić information content (AvgIpc) is 2.58. The Morgan fingerprint density at radius 2 is 2.08 bits per heavy atom. The molecule has 1 aliphatic heterocycles. The molecule has 3 heterocycles. The fourth-order valence-electron chi connectivity index (χ4n) is 2.76. The van der Waals surface area contributed by atoms with Gasteiger partial charge in [0.1, 0.15) is 35.2 Å². The molecule has 1 amide bonds. The van der Waals surface area contributed by atoms with Crippen LogP contribution in [0.1, 0.15) is 35.3 Å². The first-order chi connectivity index (χ1) is 12.5. The Kier molecular flexibility index (Phi) is 4.97. The summed E-state index contributed by atoms with van der Waals surface area (Å²) in [4.78, 5) is 33.1. The molecule has 0 saturated carbocycles. The number of amides is 1. The normalized spacial score (nSPS) is 14.8. The van der Waals surface area contributed by atoms with Crippen LogP contribution in [0.4, 0.5) is 21.7 Å². The van der Waals surface area contributed by atoms with Crippen LogP contribution in [0.3, 0.4) is 0 Å². The number of aromatic nitrogens is 3. The summed E-state index contributed by atoms with van der Waals surface area (Å²) in [6, 6.07) is 3.00. The summed E-state index contributed by atoms with van der Waals surface area (Å²) in [5, 5.41) is 5.61. The van der Waals surface area contributed by atoms with Crippen molar-refractivity contribution >= 4 is 29.4 Å². The zero-order valence-corrected chi connectivity index (χ0v) is 14.3. The van der Waals surface area contributed by atoms with E-state index in [0.717, 1.165) is 10.8 Å². The first kappa shape index (κ1) is 17.6. The number of aryl methyl sites for hydroxylation is 1. The van der Waals surface area contributed by atoms with Crippen molar-refractivity contribution in [3.05, 3.63) is 45.9 Å². The Morgan fingerprint density at radius 1 is 1.27 bits per heavy atom. The zero-order chi connectivity index (χ0) is 18.7. The van der Waals surface area contributed by atoms with Gasteiger partial charge in [-0.3, -0.25) is 14.2 Å². The fourth-order valence-corrected chi connectivity index (χ4v) is 2.76. The van der Waals surface area contributed by atoms with Crippen LogP contribution in [0.25, 0.3) is 6.20 Å². The van der Waals surface area contributed by atoms with Gasteiger partial charge >= 0.3 is 0 Å². The van der Waals surface area contributed by atoms with Gasteiger partial charge in [0.15, 0.2) is 0 Å². The molecule has 4 N–H and O–H groups in total. The number of hydrogen-bond acceptors (Lipinski definition) is 6. The second-order valence-corrected chi connectivity index (χ2v) is 6.01. The third-order valence-corrected chi connectivity index (χ3v) is 3.99. The largest absolute Gasteiger partial charge is 0.384 e. The van der Waals surface area contributed by atoms with E-state index >= 15 is 0 Å². The van der Waals surface area contributed by atoms with E-state index < -0.39 is 17.3 Å². The van der Waals surface area contributed by atoms with E-state index in [-0.39, 0.29) is 23.6 Å². The fraction of sp³-hybridized carbons (Fsp3) is 0.294. The average molecular weight is 358 g/mol. The number of carbonyl (C=O) groups is 1. The van der Waals surface area contributed by atoms with Crippen LogP contribution in [0.5, 0.6) is 0 Å². The summed E-state index contributed by atoms with van der Waals surface area (Å²) >= 11 is 0. The maximum atomic E-state index is 14.2. The molecule has 3 rings (SSSR count). The second-order valence-electron chi connectivity index (χ2n) is 6.01. The van der Waals surface area contributed by atoms with Gasteiger partial charge in [0.25, 0.3) is 11.5 Å². The molecular formula is C17H19FN6O2. The van der Waals surface area contributed by atoms with Crippen molar-refractivity contribution in [3.8, 4) is 0 Å². The number of pyridine rings is 1. The predicted octanol–water partition coefficient (Wildman–Crippen LogP) is 1.95. The van der Waals surface area contributed by atoms with Gasteiger partial charge < -0.3 is 16.4 Å². The molecular weight excluding hydrogens is 339 g/mol. The Morgan fingerprint density at radius 3 is 2.85 bits per heavy atom. The molecule has 0 saturated heterocycles. The van der Waals surface area contributed by atoms with Crippen molar-refractivity contribution in [2.45, 2.75) is 26.2 Å². The minimum atomic E-state index is -0.561. The van der Waals surface area contributed by atoms with Crippen LogP contribution in [-0.4, -0.2) is 27.0 Å². The van der Waals surface area contributed by atoms with Crippen LogP contribution >= 0.6 is 0 Å². The van der Waals surface area contributed by atoms with Gasteiger partial charge in [-0.2, -0.15) is 0 Å². The summed E-state index contributed by atoms with van der Waals surface area (Å²) in [5.74, 6) is -0.304. The SMILES string of the molecule is Cc1cc(Nc2cc(N)ncn2)c(=O)n2c1C(=O)NCCCCC(F)=C2. The lowest BCUT2D eigenvalue weighted by atomic mass is 10.1. The standard InChI is InChI=1S/C17H19FN6O2/c1-10-6-12(23-14-7-13(19)21-9-22-14)17(26)24-8-11(18)4-2-3-5-20-16(25)15(10)24/h6-9H,2-5H2,1H3,(H,20,25)(H3,19,21,22,23). The Labute approximate surface area is 149 Å². The lowest BCUT2D eigenvalue weighted by Gasteiger charge is -2.16. The van der Waals surface area contributed by atoms with Gasteiger partial charge in [0, 0.05) is 25.2 Å². The molecule has 0 atom stereocenters. The quantitative estimate of drug-likeness (QED) is 0.756. The predicted molar refractivity (Wildman–Crippen MR) is 96.7 cm³/mol. The highest BCUT2D eigenvalue weighted by Crippen LogP contribution is 2.19. The molecule has 0 bridgehead atoms. The van der Waals surface area contributed by atoms with E-state index in [1.807, 2.05) is 0 Å². The van der Waals surface area contributed by atoms with Crippen molar-refractivity contribution in [2.24, 2.45) is 0 Å². The van der Waals surface area contributed by atoms with E-state index in [0.29, 0.717) is 30.8 Å². The summed E-state index contributed by atoms with van der Waals surface area (Å²) in [6.45, 7) is 2.11. The summed E-state index contributed by atoms with van der Waals surface area (Å²) in [7, 11) is 0. The number of rotatable bonds is 2. The minimum absolute atomic E-state index is 0.111. The van der Waals surface area contributed by atoms with Gasteiger partial charge in [0.05, 0.1) is 0 Å². The van der Waals surface area contributed by atoms with E-state index in [4.69, 9.17) is 5.73 Å². The molecule has 8 nitrogen and oxygen atoms in total. The Bertz CT molecular complexity index is 937. The molecule has 2 aromatic heterocycles. The van der Waals surface area contributed by atoms with Crippen molar-refractivity contribution in [3.63, 3.8) is 0 Å². The van der Waals surface area contributed by atoms with Crippen molar-refractivity contribution < 1.29 is 9.18 Å². The third-order valence-electron chi connectivity index (χ3n) is 3.99. The highest BCUT2D eigenvalue weighted by atomic mass is 19.1. The van der Waals surface area contributed by atoms with Gasteiger partial charge in [-0.15, -0.1) is 0 Å². The highest BCUT2D eigenvalue weighted by Gasteiger charge is 2.19. The maximum Gasteiger partial charge on any atom is 0.279 e. The lowest BCUT2D eigenvalue weighted by molar-refractivity contribution is 0.0944. The summed E-state index contributed by atoms with van der Waals surface area (Å²) in [6.07, 6.45) is 3.81. The number of fused-ring (bicyclic) bond motifs is 1. The van der Waals surface area contributed by atoms with Crippen LogP contribution in [-0.2, 0) is 0 Å². The number of nitrogen functional groups attached to an aromatic ring is 1. The third kappa shape index (κ3) is 3.71. The summed E-state index contributed by atoms with van der Waals surface area (Å²) < 4.78 is 15.2. The van der Waals surface area contributed by atoms with Crippen LogP contribution in [0, 0.1) is 6.92 Å². The number of nitrogens with one attached hydrogen (secondary N) is 2. The molecule has 26 heavy (non-hydrogen) atoms. The number of allylic oxidation sites excluding steroid dienone is 1. The molecule has 0 aromatic carbocycles. The molecule has 1 aliphatic rings. The number of hydrogen-bond donors (Lipinski definition) is 3. The second kappa shape index (κ2) is 7.34. The molecule has 9 heteroatoms. The zero-order valence-electron chi connectivity index (χ0n) is 14.3. The first-order valence-corrected chi connectivity index (χ1v) is 8.21. The molecule has 0 unspecified atom stereocenters. The van der Waals surface area contributed by atoms with Crippen molar-refractivity contribution in [1.29, 1.82) is 0 Å². The van der Waals surface area contributed by atoms with E-state index in [1.165, 1.54) is 18.5 Å². The Balaban J connectivity index is 2.13. The molecule has 0 fully saturated rings. The van der Waals surface area contributed by atoms with Crippen LogP contribution in [0.2, 0.25) is 0 Å². The topological polar surface area (TPSA) is 115 Å². The van der Waals surface area contributed by atoms with Gasteiger partial charge in [-0.25, -0.2) is 14.4 Å². The van der Waals surface area contributed by atoms with E-state index in [2.05, 4.69) is 20.6 Å². The van der Waals surface area contributed by atoms with Gasteiger partial charge in [-0.05, 0) is 31.4 Å². The van der Waals surface area contributed by atoms with E-state index in [9.17, 15) is 14.0 Å². The first-order valence-electron chi connectivity index (χ1n) is 8.21. The van der Waals surface area contributed by atoms with Crippen molar-refractivity contribution in [1.82, 2.24) is 19.9 Å².